The van der Waals surface area contributed by atoms with Gasteiger partial charge in [0, 0.05) is 45.3 Å². The number of nitrogens with one attached hydrogen (secondary N) is 1. The number of anilines is 2. The Bertz CT molecular complexity index is 977. The fourth-order valence-corrected chi connectivity index (χ4v) is 4.95. The van der Waals surface area contributed by atoms with Crippen LogP contribution in [0.1, 0.15) is 16.8 Å². The fourth-order valence-electron chi connectivity index (χ4n) is 2.90. The van der Waals surface area contributed by atoms with Gasteiger partial charge in [-0.3, -0.25) is 9.62 Å². The molecular weight excluding hydrogens is 402 g/mol. The molecule has 28 heavy (non-hydrogen) atoms. The maximum absolute atomic E-state index is 12.6. The second kappa shape index (κ2) is 8.55. The Labute approximate surface area is 166 Å². The highest BCUT2D eigenvalue weighted by molar-refractivity contribution is 7.94. The molecule has 0 aromatic carbocycles. The van der Waals surface area contributed by atoms with Crippen LogP contribution in [0.5, 0.6) is 0 Å². The first kappa shape index (κ1) is 20.1. The molecule has 0 atom stereocenters. The number of sulfonamides is 1. The first-order valence-electron chi connectivity index (χ1n) is 8.54. The van der Waals surface area contributed by atoms with Crippen LogP contribution in [0.2, 0.25) is 0 Å². The summed E-state index contributed by atoms with van der Waals surface area (Å²) < 4.78 is 27.9. The Kier molecular flexibility index (Phi) is 6.13. The van der Waals surface area contributed by atoms with Crippen molar-refractivity contribution in [1.29, 1.82) is 5.26 Å². The number of nitriles is 1. The molecule has 1 aliphatic heterocycles. The van der Waals surface area contributed by atoms with E-state index in [0.29, 0.717) is 45.0 Å². The zero-order chi connectivity index (χ0) is 20.1. The Morgan fingerprint density at radius 3 is 2.71 bits per heavy atom. The van der Waals surface area contributed by atoms with Crippen LogP contribution in [0.25, 0.3) is 0 Å². The standard InChI is InChI=1S/C17H19N5O4S2/c18-4-2-5-21-6-8-22(9-7-21)16-14(11-13(12-19-16)17(23)24)20-28(25,26)15-3-1-10-27-15/h1,3,10-12,20H,2,5-9H2,(H,23,24). The Hall–Kier alpha value is -2.68. The first-order valence-corrected chi connectivity index (χ1v) is 10.9. The molecule has 1 fully saturated rings. The smallest absolute Gasteiger partial charge is 0.337 e. The van der Waals surface area contributed by atoms with Crippen molar-refractivity contribution < 1.29 is 18.3 Å². The average molecular weight is 422 g/mol. The third-order valence-corrected chi connectivity index (χ3v) is 7.09. The van der Waals surface area contributed by atoms with Gasteiger partial charge in [-0.2, -0.15) is 5.26 Å². The number of rotatable bonds is 7. The van der Waals surface area contributed by atoms with Crippen LogP contribution >= 0.6 is 11.3 Å². The van der Waals surface area contributed by atoms with Crippen molar-refractivity contribution >= 4 is 38.8 Å². The van der Waals surface area contributed by atoms with Crippen molar-refractivity contribution in [2.45, 2.75) is 10.6 Å². The molecular formula is C17H19N5O4S2. The minimum Gasteiger partial charge on any atom is -0.478 e. The number of carboxylic acid groups (broad SMARTS) is 1. The van der Waals surface area contributed by atoms with E-state index >= 15 is 0 Å². The predicted octanol–water partition coefficient (Wildman–Crippen LogP) is 1.68. The molecule has 2 N–H and O–H groups in total. The summed E-state index contributed by atoms with van der Waals surface area (Å²) in [5.74, 6) is -0.790. The Morgan fingerprint density at radius 2 is 2.11 bits per heavy atom. The SMILES string of the molecule is N#CCCN1CCN(c2ncc(C(=O)O)cc2NS(=O)(=O)c2cccs2)CC1. The van der Waals surface area contributed by atoms with Gasteiger partial charge in [0.1, 0.15) is 4.21 Å². The average Bonchev–Trinajstić information content (AvgIpc) is 3.22. The molecule has 3 heterocycles. The molecule has 0 spiro atoms. The number of hydrogen-bond acceptors (Lipinski definition) is 8. The molecule has 0 aliphatic carbocycles. The minimum absolute atomic E-state index is 0.0970. The number of nitrogens with zero attached hydrogens (tertiary/aromatic N) is 4. The highest BCUT2D eigenvalue weighted by Gasteiger charge is 2.24. The summed E-state index contributed by atoms with van der Waals surface area (Å²) in [5.41, 5.74) is 0.0408. The summed E-state index contributed by atoms with van der Waals surface area (Å²) in [6.07, 6.45) is 1.68. The molecule has 0 unspecified atom stereocenters. The number of aromatic nitrogens is 1. The van der Waals surface area contributed by atoms with E-state index < -0.39 is 16.0 Å². The Morgan fingerprint density at radius 1 is 1.36 bits per heavy atom. The van der Waals surface area contributed by atoms with Crippen LogP contribution in [-0.4, -0.2) is 62.1 Å². The second-order valence-corrected chi connectivity index (χ2v) is 9.03. The molecule has 0 bridgehead atoms. The van der Waals surface area contributed by atoms with E-state index in [0.717, 1.165) is 11.3 Å². The zero-order valence-electron chi connectivity index (χ0n) is 14.9. The van der Waals surface area contributed by atoms with Gasteiger partial charge in [-0.1, -0.05) is 6.07 Å². The van der Waals surface area contributed by atoms with Crippen molar-refractivity contribution in [3.63, 3.8) is 0 Å². The van der Waals surface area contributed by atoms with E-state index in [1.807, 2.05) is 4.90 Å². The van der Waals surface area contributed by atoms with Gasteiger partial charge in [0.15, 0.2) is 5.82 Å². The van der Waals surface area contributed by atoms with Gasteiger partial charge in [0.25, 0.3) is 10.0 Å². The van der Waals surface area contributed by atoms with Gasteiger partial charge in [0.2, 0.25) is 0 Å². The van der Waals surface area contributed by atoms with E-state index in [1.54, 1.807) is 11.4 Å². The fraction of sp³-hybridized carbons (Fsp3) is 0.353. The predicted molar refractivity (Wildman–Crippen MR) is 105 cm³/mol. The third kappa shape index (κ3) is 4.59. The lowest BCUT2D eigenvalue weighted by molar-refractivity contribution is 0.0696. The van der Waals surface area contributed by atoms with Crippen molar-refractivity contribution in [2.75, 3.05) is 42.3 Å². The number of hydrogen-bond donors (Lipinski definition) is 2. The lowest BCUT2D eigenvalue weighted by atomic mass is 10.2. The van der Waals surface area contributed by atoms with E-state index in [1.165, 1.54) is 18.3 Å². The number of thiophene rings is 1. The van der Waals surface area contributed by atoms with Gasteiger partial charge < -0.3 is 10.0 Å². The van der Waals surface area contributed by atoms with Gasteiger partial charge in [-0.05, 0) is 17.5 Å². The van der Waals surface area contributed by atoms with E-state index in [2.05, 4.69) is 20.7 Å². The number of aromatic carboxylic acids is 1. The topological polar surface area (TPSA) is 127 Å². The summed E-state index contributed by atoms with van der Waals surface area (Å²) in [7, 11) is -3.83. The molecule has 0 radical (unpaired) electrons. The molecule has 0 amide bonds. The monoisotopic (exact) mass is 421 g/mol. The van der Waals surface area contributed by atoms with Crippen LogP contribution in [0.15, 0.2) is 34.0 Å². The normalized spacial score (nSPS) is 15.2. The van der Waals surface area contributed by atoms with E-state index in [9.17, 15) is 18.3 Å². The summed E-state index contributed by atoms with van der Waals surface area (Å²) in [6, 6.07) is 6.53. The van der Waals surface area contributed by atoms with Gasteiger partial charge in [-0.15, -0.1) is 11.3 Å². The van der Waals surface area contributed by atoms with E-state index in [-0.39, 0.29) is 15.5 Å². The van der Waals surface area contributed by atoms with Crippen LogP contribution < -0.4 is 9.62 Å². The first-order chi connectivity index (χ1) is 13.4. The quantitative estimate of drug-likeness (QED) is 0.691. The van der Waals surface area contributed by atoms with Crippen molar-refractivity contribution in [2.24, 2.45) is 0 Å². The van der Waals surface area contributed by atoms with Crippen molar-refractivity contribution in [3.8, 4) is 6.07 Å². The van der Waals surface area contributed by atoms with Crippen LogP contribution in [-0.2, 0) is 10.0 Å². The highest BCUT2D eigenvalue weighted by atomic mass is 32.2. The molecule has 2 aromatic rings. The number of carboxylic acids is 1. The van der Waals surface area contributed by atoms with Crippen LogP contribution in [0.3, 0.4) is 0 Å². The minimum atomic E-state index is -3.83. The Balaban J connectivity index is 1.85. The van der Waals surface area contributed by atoms with E-state index in [4.69, 9.17) is 5.26 Å². The zero-order valence-corrected chi connectivity index (χ0v) is 16.5. The molecule has 2 aromatic heterocycles. The molecule has 148 valence electrons. The summed E-state index contributed by atoms with van der Waals surface area (Å²) >= 11 is 1.08. The molecule has 1 aliphatic rings. The lowest BCUT2D eigenvalue weighted by Gasteiger charge is -2.35. The van der Waals surface area contributed by atoms with Gasteiger partial charge in [-0.25, -0.2) is 18.2 Å². The summed E-state index contributed by atoms with van der Waals surface area (Å²) in [4.78, 5) is 19.6. The molecule has 11 heteroatoms. The largest absolute Gasteiger partial charge is 0.478 e. The van der Waals surface area contributed by atoms with Crippen molar-refractivity contribution in [3.05, 3.63) is 35.3 Å². The number of pyridine rings is 1. The number of carbonyl (C=O) groups is 1. The van der Waals surface area contributed by atoms with Crippen LogP contribution in [0.4, 0.5) is 11.5 Å². The van der Waals surface area contributed by atoms with Crippen molar-refractivity contribution in [1.82, 2.24) is 9.88 Å². The molecule has 1 saturated heterocycles. The second-order valence-electron chi connectivity index (χ2n) is 6.17. The third-order valence-electron chi connectivity index (χ3n) is 4.33. The maximum Gasteiger partial charge on any atom is 0.337 e. The van der Waals surface area contributed by atoms with Gasteiger partial charge in [0.05, 0.1) is 17.3 Å². The van der Waals surface area contributed by atoms with Crippen LogP contribution in [0, 0.1) is 11.3 Å². The maximum atomic E-state index is 12.6. The molecule has 9 nitrogen and oxygen atoms in total. The summed E-state index contributed by atoms with van der Waals surface area (Å²) in [5, 5.41) is 19.6. The summed E-state index contributed by atoms with van der Waals surface area (Å²) in [6.45, 7) is 3.30. The number of piperazine rings is 1. The molecule has 3 rings (SSSR count). The lowest BCUT2D eigenvalue weighted by Crippen LogP contribution is -2.47. The highest BCUT2D eigenvalue weighted by Crippen LogP contribution is 2.29. The van der Waals surface area contributed by atoms with Gasteiger partial charge >= 0.3 is 5.97 Å². The molecule has 0 saturated carbocycles.